The highest BCUT2D eigenvalue weighted by molar-refractivity contribution is 6.08. The number of aliphatic hydroxyl groups is 2. The number of carbonyl (C=O) groups excluding carboxylic acids is 1. The molecule has 5 aliphatic carbocycles. The van der Waals surface area contributed by atoms with Gasteiger partial charge in [0.05, 0.1) is 11.0 Å². The van der Waals surface area contributed by atoms with Crippen LogP contribution < -0.4 is 0 Å². The van der Waals surface area contributed by atoms with Gasteiger partial charge in [0, 0.05) is 16.9 Å². The highest BCUT2D eigenvalue weighted by Gasteiger charge is 2.69. The van der Waals surface area contributed by atoms with Crippen LogP contribution in [0.2, 0.25) is 0 Å². The first-order chi connectivity index (χ1) is 15.7. The lowest BCUT2D eigenvalue weighted by Crippen LogP contribution is -2.66. The van der Waals surface area contributed by atoms with Gasteiger partial charge in [-0.25, -0.2) is 0 Å². The number of ketones is 1. The van der Waals surface area contributed by atoms with Gasteiger partial charge in [-0.3, -0.25) is 9.59 Å². The molecule has 0 aromatic rings. The molecule has 0 bridgehead atoms. The minimum atomic E-state index is -1.08. The molecule has 0 saturated heterocycles. The lowest BCUT2D eigenvalue weighted by atomic mass is 9.35. The van der Waals surface area contributed by atoms with Crippen LogP contribution in [0.1, 0.15) is 86.5 Å². The molecule has 3 saturated carbocycles. The molecule has 5 rings (SSSR count). The van der Waals surface area contributed by atoms with Crippen molar-refractivity contribution in [1.82, 2.24) is 0 Å². The van der Waals surface area contributed by atoms with E-state index < -0.39 is 28.3 Å². The van der Waals surface area contributed by atoms with E-state index in [-0.39, 0.29) is 34.2 Å². The summed E-state index contributed by atoms with van der Waals surface area (Å²) in [5.41, 5.74) is 0.161. The number of rotatable bonds is 1. The second-order valence-corrected chi connectivity index (χ2v) is 13.0. The number of hydrogen-bond donors (Lipinski definition) is 3. The van der Waals surface area contributed by atoms with Crippen LogP contribution in [0.5, 0.6) is 0 Å². The largest absolute Gasteiger partial charge is 0.504 e. The molecule has 5 aliphatic rings. The van der Waals surface area contributed by atoms with Crippen molar-refractivity contribution in [2.75, 3.05) is 0 Å². The Hall–Kier alpha value is -1.88. The van der Waals surface area contributed by atoms with Crippen molar-refractivity contribution in [1.29, 1.82) is 0 Å². The van der Waals surface area contributed by atoms with E-state index in [0.717, 1.165) is 43.3 Å². The maximum Gasteiger partial charge on any atom is 0.310 e. The van der Waals surface area contributed by atoms with Crippen LogP contribution in [0.25, 0.3) is 0 Å². The van der Waals surface area contributed by atoms with Gasteiger partial charge in [-0.15, -0.1) is 0 Å². The number of carboxylic acids is 1. The zero-order valence-electron chi connectivity index (χ0n) is 21.5. The van der Waals surface area contributed by atoms with Crippen molar-refractivity contribution in [3.63, 3.8) is 0 Å². The summed E-state index contributed by atoms with van der Waals surface area (Å²) in [5.74, 6) is -1.36. The van der Waals surface area contributed by atoms with Gasteiger partial charge in [0.15, 0.2) is 5.76 Å². The number of aliphatic hydroxyl groups excluding tert-OH is 1. The number of hydrogen-bond acceptors (Lipinski definition) is 4. The zero-order chi connectivity index (χ0) is 25.1. The van der Waals surface area contributed by atoms with Crippen LogP contribution in [0.4, 0.5) is 0 Å². The number of aliphatic carboxylic acids is 1. The average Bonchev–Trinajstić information content (AvgIpc) is 2.75. The zero-order valence-corrected chi connectivity index (χ0v) is 21.5. The molecule has 0 aliphatic heterocycles. The Morgan fingerprint density at radius 3 is 2.41 bits per heavy atom. The van der Waals surface area contributed by atoms with Gasteiger partial charge < -0.3 is 15.3 Å². The molecule has 3 N–H and O–H groups in total. The van der Waals surface area contributed by atoms with Crippen LogP contribution in [-0.4, -0.2) is 32.7 Å². The summed E-state index contributed by atoms with van der Waals surface area (Å²) in [5, 5.41) is 32.8. The normalized spacial score (nSPS) is 50.3. The van der Waals surface area contributed by atoms with E-state index in [2.05, 4.69) is 33.8 Å². The lowest BCUT2D eigenvalue weighted by molar-refractivity contribution is -0.192. The highest BCUT2D eigenvalue weighted by atomic mass is 16.4. The SMILES string of the molecule is CC1=C2CC[C@]3(C)[C@H](CC=C4[C@H]5[C@](C(=O)O)(CC[C@@H](C)[C@@]5(C)O)CC[C@]43C)[C@@]2(C)C=C(O)C1=O. The highest BCUT2D eigenvalue weighted by Crippen LogP contribution is 2.74. The van der Waals surface area contributed by atoms with Crippen LogP contribution in [0, 0.1) is 39.4 Å². The van der Waals surface area contributed by atoms with E-state index in [1.54, 1.807) is 6.08 Å². The predicted molar refractivity (Wildman–Crippen MR) is 130 cm³/mol. The fourth-order valence-electron chi connectivity index (χ4n) is 9.44. The summed E-state index contributed by atoms with van der Waals surface area (Å²) < 4.78 is 0. The Kier molecular flexibility index (Phi) is 4.82. The van der Waals surface area contributed by atoms with Gasteiger partial charge in [0.2, 0.25) is 5.78 Å². The molecule has 0 spiro atoms. The summed E-state index contributed by atoms with van der Waals surface area (Å²) in [4.78, 5) is 25.3. The van der Waals surface area contributed by atoms with Gasteiger partial charge in [0.25, 0.3) is 0 Å². The molecule has 0 radical (unpaired) electrons. The summed E-state index contributed by atoms with van der Waals surface area (Å²) in [6, 6.07) is 0. The first-order valence-corrected chi connectivity index (χ1v) is 13.0. The smallest absolute Gasteiger partial charge is 0.310 e. The van der Waals surface area contributed by atoms with Gasteiger partial charge in [-0.2, -0.15) is 0 Å². The first kappa shape index (κ1) is 23.8. The molecular formula is C29H40O5. The molecule has 0 unspecified atom stereocenters. The van der Waals surface area contributed by atoms with E-state index in [9.17, 15) is 24.9 Å². The van der Waals surface area contributed by atoms with Crippen molar-refractivity contribution >= 4 is 11.8 Å². The number of carboxylic acid groups (broad SMARTS) is 1. The molecule has 34 heavy (non-hydrogen) atoms. The van der Waals surface area contributed by atoms with E-state index in [4.69, 9.17) is 0 Å². The average molecular weight is 469 g/mol. The van der Waals surface area contributed by atoms with Gasteiger partial charge in [-0.05, 0) is 87.5 Å². The third-order valence-corrected chi connectivity index (χ3v) is 11.9. The van der Waals surface area contributed by atoms with Crippen LogP contribution in [-0.2, 0) is 9.59 Å². The summed E-state index contributed by atoms with van der Waals surface area (Å²) >= 11 is 0. The lowest BCUT2D eigenvalue weighted by Gasteiger charge is -2.69. The predicted octanol–water partition coefficient (Wildman–Crippen LogP) is 5.75. The molecule has 0 heterocycles. The van der Waals surface area contributed by atoms with Crippen molar-refractivity contribution in [2.24, 2.45) is 39.4 Å². The number of fused-ring (bicyclic) bond motifs is 7. The quantitative estimate of drug-likeness (QED) is 0.426. The maximum absolute atomic E-state index is 12.8. The Bertz CT molecular complexity index is 1080. The second kappa shape index (κ2) is 6.87. The number of carbonyl (C=O) groups is 2. The van der Waals surface area contributed by atoms with E-state index >= 15 is 0 Å². The van der Waals surface area contributed by atoms with E-state index in [1.165, 1.54) is 0 Å². The minimum Gasteiger partial charge on any atom is -0.504 e. The van der Waals surface area contributed by atoms with Crippen molar-refractivity contribution in [2.45, 2.75) is 92.1 Å². The van der Waals surface area contributed by atoms with Crippen LogP contribution in [0.3, 0.4) is 0 Å². The maximum atomic E-state index is 12.8. The molecular weight excluding hydrogens is 428 g/mol. The fourth-order valence-corrected chi connectivity index (χ4v) is 9.44. The monoisotopic (exact) mass is 468 g/mol. The standard InChI is InChI=1S/C29H40O5/c1-16-9-12-29(24(32)33)14-13-26(4)19(23(29)28(16,6)34)7-8-21-25(3)15-20(30)22(31)17(2)18(25)10-11-27(21,26)5/h7,15-16,21,23,30,34H,8-14H2,1-6H3,(H,32,33)/t16-,21-,23-,25+,26-,27-,28-,29+/m1/s1. The summed E-state index contributed by atoms with van der Waals surface area (Å²) in [6.45, 7) is 12.6. The molecule has 3 fully saturated rings. The van der Waals surface area contributed by atoms with Gasteiger partial charge in [-0.1, -0.05) is 44.9 Å². The van der Waals surface area contributed by atoms with Crippen LogP contribution in [0.15, 0.2) is 34.6 Å². The molecule has 5 heteroatoms. The topological polar surface area (TPSA) is 94.8 Å². The molecule has 0 aromatic heterocycles. The fraction of sp³-hybridized carbons (Fsp3) is 0.724. The van der Waals surface area contributed by atoms with Crippen molar-refractivity contribution < 1.29 is 24.9 Å². The molecule has 0 amide bonds. The van der Waals surface area contributed by atoms with Gasteiger partial charge >= 0.3 is 5.97 Å². The third kappa shape index (κ3) is 2.55. The Morgan fingerprint density at radius 1 is 1.09 bits per heavy atom. The third-order valence-electron chi connectivity index (χ3n) is 11.9. The molecule has 186 valence electrons. The first-order valence-electron chi connectivity index (χ1n) is 13.0. The van der Waals surface area contributed by atoms with E-state index in [1.807, 2.05) is 13.8 Å². The summed E-state index contributed by atoms with van der Waals surface area (Å²) in [6.07, 6.45) is 9.21. The second-order valence-electron chi connectivity index (χ2n) is 13.0. The summed E-state index contributed by atoms with van der Waals surface area (Å²) in [7, 11) is 0. The van der Waals surface area contributed by atoms with Crippen molar-refractivity contribution in [3.8, 4) is 0 Å². The molecule has 5 nitrogen and oxygen atoms in total. The molecule has 8 atom stereocenters. The van der Waals surface area contributed by atoms with Gasteiger partial charge in [0.1, 0.15) is 0 Å². The minimum absolute atomic E-state index is 0.0315. The number of Topliss-reactive ketones (excluding diaryl/α,β-unsaturated/α-hetero) is 1. The van der Waals surface area contributed by atoms with Crippen LogP contribution >= 0.6 is 0 Å². The molecule has 0 aromatic carbocycles. The van der Waals surface area contributed by atoms with E-state index in [0.29, 0.717) is 18.4 Å². The Balaban J connectivity index is 1.69. The van der Waals surface area contributed by atoms with Crippen molar-refractivity contribution in [3.05, 3.63) is 34.6 Å². The Labute approximate surface area is 203 Å². The Morgan fingerprint density at radius 2 is 1.76 bits per heavy atom. The number of allylic oxidation sites excluding steroid dienone is 4.